The highest BCUT2D eigenvalue weighted by atomic mass is 35.5. The van der Waals surface area contributed by atoms with E-state index in [1.54, 1.807) is 12.1 Å². The quantitative estimate of drug-likeness (QED) is 0.474. The topological polar surface area (TPSA) is 55.8 Å². The molecule has 0 heterocycles. The van der Waals surface area contributed by atoms with Crippen LogP contribution in [-0.4, -0.2) is 23.6 Å². The van der Waals surface area contributed by atoms with Crippen LogP contribution < -0.4 is 9.47 Å². The van der Waals surface area contributed by atoms with Crippen LogP contribution >= 0.6 is 11.6 Å². The lowest BCUT2D eigenvalue weighted by Crippen LogP contribution is -2.10. The van der Waals surface area contributed by atoms with Crippen molar-refractivity contribution in [2.24, 2.45) is 5.92 Å². The summed E-state index contributed by atoms with van der Waals surface area (Å²) < 4.78 is 10.5. The van der Waals surface area contributed by atoms with Crippen LogP contribution in [0.25, 0.3) is 0 Å². The van der Waals surface area contributed by atoms with E-state index in [-0.39, 0.29) is 24.1 Å². The molecule has 0 bridgehead atoms. The lowest BCUT2D eigenvalue weighted by molar-refractivity contribution is -0.134. The molecule has 1 rings (SSSR count). The van der Waals surface area contributed by atoms with E-state index in [2.05, 4.69) is 0 Å². The Balaban J connectivity index is 2.72. The van der Waals surface area contributed by atoms with Crippen molar-refractivity contribution in [1.29, 1.82) is 0 Å². The fourth-order valence-electron chi connectivity index (χ4n) is 1.44. The first-order chi connectivity index (χ1) is 9.04. The zero-order valence-electron chi connectivity index (χ0n) is 11.2. The predicted molar refractivity (Wildman–Crippen MR) is 74.0 cm³/mol. The number of para-hydroxylation sites is 1. The average Bonchev–Trinajstić information content (AvgIpc) is 2.37. The Labute approximate surface area is 118 Å². The molecule has 1 aromatic carbocycles. The monoisotopic (exact) mass is 286 g/mol. The number of alkyl halides is 1. The van der Waals surface area contributed by atoms with E-state index in [1.165, 1.54) is 6.07 Å². The smallest absolute Gasteiger partial charge is 0.311 e. The van der Waals surface area contributed by atoms with Crippen LogP contribution in [0.15, 0.2) is 18.2 Å². The van der Waals surface area contributed by atoms with Crippen molar-refractivity contribution < 1.29 is 19.4 Å². The Bertz CT molecular complexity index is 418. The summed E-state index contributed by atoms with van der Waals surface area (Å²) in [4.78, 5) is 11.7. The molecule has 1 aromatic rings. The number of esters is 1. The molecule has 0 spiro atoms. The minimum absolute atomic E-state index is 0.0568. The van der Waals surface area contributed by atoms with Crippen molar-refractivity contribution in [1.82, 2.24) is 0 Å². The molecule has 0 fully saturated rings. The standard InChI is InChI=1S/C14H19ClO4/c1-10(2)6-7-13(17)19-14-11(16)4-3-5-12(14)18-9-8-15/h3-5,10,16H,6-9H2,1-2H3. The third kappa shape index (κ3) is 5.39. The maximum absolute atomic E-state index is 11.7. The van der Waals surface area contributed by atoms with E-state index < -0.39 is 0 Å². The molecule has 1 N–H and O–H groups in total. The molecule has 19 heavy (non-hydrogen) atoms. The summed E-state index contributed by atoms with van der Waals surface area (Å²) in [7, 11) is 0. The first-order valence-electron chi connectivity index (χ1n) is 6.26. The van der Waals surface area contributed by atoms with Gasteiger partial charge in [-0.05, 0) is 24.5 Å². The van der Waals surface area contributed by atoms with E-state index in [9.17, 15) is 9.90 Å². The van der Waals surface area contributed by atoms with Gasteiger partial charge in [-0.1, -0.05) is 19.9 Å². The molecule has 0 unspecified atom stereocenters. The zero-order chi connectivity index (χ0) is 14.3. The molecule has 0 aromatic heterocycles. The Hall–Kier alpha value is -1.42. The van der Waals surface area contributed by atoms with Crippen molar-refractivity contribution in [2.75, 3.05) is 12.5 Å². The molecule has 0 aliphatic rings. The minimum atomic E-state index is -0.383. The minimum Gasteiger partial charge on any atom is -0.504 e. The van der Waals surface area contributed by atoms with E-state index >= 15 is 0 Å². The van der Waals surface area contributed by atoms with Gasteiger partial charge in [0.15, 0.2) is 11.5 Å². The van der Waals surface area contributed by atoms with Gasteiger partial charge in [-0.2, -0.15) is 0 Å². The molecule has 4 nitrogen and oxygen atoms in total. The number of hydrogen-bond donors (Lipinski definition) is 1. The summed E-state index contributed by atoms with van der Waals surface area (Å²) in [5, 5.41) is 9.73. The van der Waals surface area contributed by atoms with Crippen molar-refractivity contribution in [3.05, 3.63) is 18.2 Å². The zero-order valence-corrected chi connectivity index (χ0v) is 11.9. The van der Waals surface area contributed by atoms with Crippen molar-refractivity contribution in [3.63, 3.8) is 0 Å². The lowest BCUT2D eigenvalue weighted by Gasteiger charge is -2.12. The first-order valence-corrected chi connectivity index (χ1v) is 6.79. The van der Waals surface area contributed by atoms with Crippen LogP contribution in [0.4, 0.5) is 0 Å². The highest BCUT2D eigenvalue weighted by Crippen LogP contribution is 2.36. The maximum atomic E-state index is 11.7. The second kappa shape index (κ2) is 7.89. The number of aromatic hydroxyl groups is 1. The number of phenols is 1. The number of rotatable bonds is 7. The van der Waals surface area contributed by atoms with Gasteiger partial charge in [0.1, 0.15) is 6.61 Å². The summed E-state index contributed by atoms with van der Waals surface area (Å²) in [5.41, 5.74) is 0. The van der Waals surface area contributed by atoms with Gasteiger partial charge in [0.05, 0.1) is 5.88 Å². The van der Waals surface area contributed by atoms with E-state index in [0.29, 0.717) is 24.0 Å². The van der Waals surface area contributed by atoms with Gasteiger partial charge in [0.25, 0.3) is 0 Å². The molecule has 0 radical (unpaired) electrons. The van der Waals surface area contributed by atoms with Crippen molar-refractivity contribution in [3.8, 4) is 17.2 Å². The molecule has 0 atom stereocenters. The predicted octanol–water partition coefficient (Wildman–Crippen LogP) is 3.35. The number of hydrogen-bond acceptors (Lipinski definition) is 4. The van der Waals surface area contributed by atoms with Crippen LogP contribution in [0.3, 0.4) is 0 Å². The van der Waals surface area contributed by atoms with Gasteiger partial charge in [-0.3, -0.25) is 4.79 Å². The summed E-state index contributed by atoms with van der Waals surface area (Å²) in [5.74, 6) is 0.607. The first kappa shape index (κ1) is 15.6. The SMILES string of the molecule is CC(C)CCC(=O)Oc1c(O)cccc1OCCCl. The Morgan fingerprint density at radius 2 is 2.16 bits per heavy atom. The Morgan fingerprint density at radius 3 is 2.79 bits per heavy atom. The van der Waals surface area contributed by atoms with Gasteiger partial charge >= 0.3 is 5.97 Å². The molecule has 0 amide bonds. The van der Waals surface area contributed by atoms with E-state index in [1.807, 2.05) is 13.8 Å². The fraction of sp³-hybridized carbons (Fsp3) is 0.500. The number of benzene rings is 1. The molecule has 0 saturated heterocycles. The van der Waals surface area contributed by atoms with E-state index in [0.717, 1.165) is 6.42 Å². The number of phenolic OH excluding ortho intramolecular Hbond substituents is 1. The summed E-state index contributed by atoms with van der Waals surface area (Å²) in [6.45, 7) is 4.34. The van der Waals surface area contributed by atoms with E-state index in [4.69, 9.17) is 21.1 Å². The molecular formula is C14H19ClO4. The van der Waals surface area contributed by atoms with Gasteiger partial charge < -0.3 is 14.6 Å². The molecule has 0 saturated carbocycles. The van der Waals surface area contributed by atoms with Crippen LogP contribution in [0, 0.1) is 5.92 Å². The fourth-order valence-corrected chi connectivity index (χ4v) is 1.52. The third-order valence-electron chi connectivity index (χ3n) is 2.43. The van der Waals surface area contributed by atoms with Crippen LogP contribution in [0.1, 0.15) is 26.7 Å². The van der Waals surface area contributed by atoms with Crippen LogP contribution in [0.5, 0.6) is 17.2 Å². The normalized spacial score (nSPS) is 10.5. The highest BCUT2D eigenvalue weighted by Gasteiger charge is 2.15. The molecule has 0 aliphatic heterocycles. The summed E-state index contributed by atoms with van der Waals surface area (Å²) in [6.07, 6.45) is 1.05. The van der Waals surface area contributed by atoms with Crippen molar-refractivity contribution in [2.45, 2.75) is 26.7 Å². The van der Waals surface area contributed by atoms with Gasteiger partial charge in [-0.25, -0.2) is 0 Å². The number of halogens is 1. The Morgan fingerprint density at radius 1 is 1.42 bits per heavy atom. The number of carbonyl (C=O) groups excluding carboxylic acids is 1. The van der Waals surface area contributed by atoms with Crippen LogP contribution in [0.2, 0.25) is 0 Å². The summed E-state index contributed by atoms with van der Waals surface area (Å²) >= 11 is 5.54. The maximum Gasteiger partial charge on any atom is 0.311 e. The second-order valence-corrected chi connectivity index (χ2v) is 4.93. The molecular weight excluding hydrogens is 268 g/mol. The average molecular weight is 287 g/mol. The third-order valence-corrected chi connectivity index (χ3v) is 2.59. The number of ether oxygens (including phenoxy) is 2. The lowest BCUT2D eigenvalue weighted by atomic mass is 10.1. The Kier molecular flexibility index (Phi) is 6.50. The summed E-state index contributed by atoms with van der Waals surface area (Å²) in [6, 6.07) is 4.68. The molecule has 106 valence electrons. The van der Waals surface area contributed by atoms with Gasteiger partial charge in [-0.15, -0.1) is 11.6 Å². The van der Waals surface area contributed by atoms with Gasteiger partial charge in [0, 0.05) is 6.42 Å². The molecule has 0 aliphatic carbocycles. The largest absolute Gasteiger partial charge is 0.504 e. The van der Waals surface area contributed by atoms with Crippen molar-refractivity contribution >= 4 is 17.6 Å². The molecule has 5 heteroatoms. The highest BCUT2D eigenvalue weighted by molar-refractivity contribution is 6.18. The second-order valence-electron chi connectivity index (χ2n) is 4.55. The van der Waals surface area contributed by atoms with Gasteiger partial charge in [0.2, 0.25) is 5.75 Å². The number of carbonyl (C=O) groups is 1. The van der Waals surface area contributed by atoms with Crippen LogP contribution in [-0.2, 0) is 4.79 Å².